The number of ether oxygens (including phenoxy) is 1. The van der Waals surface area contributed by atoms with E-state index >= 15 is 0 Å². The summed E-state index contributed by atoms with van der Waals surface area (Å²) in [5.41, 5.74) is 0. The lowest BCUT2D eigenvalue weighted by molar-refractivity contribution is -0.129. The summed E-state index contributed by atoms with van der Waals surface area (Å²) in [6, 6.07) is 0.270. The third-order valence-electron chi connectivity index (χ3n) is 3.85. The molecule has 0 aromatic heterocycles. The van der Waals surface area contributed by atoms with Gasteiger partial charge in [0.25, 0.3) is 0 Å². The minimum Gasteiger partial charge on any atom is -0.396 e. The SMILES string of the molecule is CCC(CC)NC(=O)COC1CCC(CO)CC1. The maximum absolute atomic E-state index is 11.7. The van der Waals surface area contributed by atoms with Gasteiger partial charge in [0.1, 0.15) is 6.61 Å². The monoisotopic (exact) mass is 257 g/mol. The average Bonchev–Trinajstić information content (AvgIpc) is 2.43. The molecule has 1 aliphatic carbocycles. The second-order valence-corrected chi connectivity index (χ2v) is 5.22. The quantitative estimate of drug-likeness (QED) is 0.732. The van der Waals surface area contributed by atoms with E-state index in [-0.39, 0.29) is 31.3 Å². The molecular weight excluding hydrogens is 230 g/mol. The van der Waals surface area contributed by atoms with Crippen LogP contribution in [0.5, 0.6) is 0 Å². The van der Waals surface area contributed by atoms with E-state index in [0.29, 0.717) is 5.92 Å². The second-order valence-electron chi connectivity index (χ2n) is 5.22. The first-order valence-electron chi connectivity index (χ1n) is 7.21. The molecule has 0 aromatic carbocycles. The van der Waals surface area contributed by atoms with Gasteiger partial charge in [-0.2, -0.15) is 0 Å². The van der Waals surface area contributed by atoms with Crippen molar-refractivity contribution in [2.45, 2.75) is 64.5 Å². The number of aliphatic hydroxyl groups is 1. The smallest absolute Gasteiger partial charge is 0.246 e. The summed E-state index contributed by atoms with van der Waals surface area (Å²) in [5.74, 6) is 0.427. The predicted molar refractivity (Wildman–Crippen MR) is 71.3 cm³/mol. The Bertz CT molecular complexity index is 233. The molecule has 0 bridgehead atoms. The van der Waals surface area contributed by atoms with Gasteiger partial charge in [-0.15, -0.1) is 0 Å². The fourth-order valence-electron chi connectivity index (χ4n) is 2.44. The van der Waals surface area contributed by atoms with E-state index in [9.17, 15) is 4.79 Å². The molecule has 0 radical (unpaired) electrons. The van der Waals surface area contributed by atoms with Crippen molar-refractivity contribution in [2.24, 2.45) is 5.92 Å². The maximum Gasteiger partial charge on any atom is 0.246 e. The van der Waals surface area contributed by atoms with Crippen LogP contribution in [0.3, 0.4) is 0 Å². The van der Waals surface area contributed by atoms with Crippen LogP contribution in [-0.2, 0) is 9.53 Å². The third kappa shape index (κ3) is 5.36. The predicted octanol–water partition coefficient (Wildman–Crippen LogP) is 1.86. The van der Waals surface area contributed by atoms with Crippen LogP contribution in [0.15, 0.2) is 0 Å². The molecule has 1 amide bonds. The first-order valence-corrected chi connectivity index (χ1v) is 7.21. The van der Waals surface area contributed by atoms with Crippen LogP contribution in [0.2, 0.25) is 0 Å². The summed E-state index contributed by atoms with van der Waals surface area (Å²) in [7, 11) is 0. The molecule has 4 nitrogen and oxygen atoms in total. The Kier molecular flexibility index (Phi) is 7.28. The number of hydrogen-bond acceptors (Lipinski definition) is 3. The molecule has 2 N–H and O–H groups in total. The van der Waals surface area contributed by atoms with E-state index in [4.69, 9.17) is 9.84 Å². The van der Waals surface area contributed by atoms with Gasteiger partial charge < -0.3 is 15.2 Å². The Hall–Kier alpha value is -0.610. The number of carbonyl (C=O) groups excluding carboxylic acids is 1. The summed E-state index contributed by atoms with van der Waals surface area (Å²) in [6.07, 6.45) is 6.06. The van der Waals surface area contributed by atoms with Crippen LogP contribution in [0, 0.1) is 5.92 Å². The number of rotatable bonds is 7. The number of amides is 1. The molecule has 0 unspecified atom stereocenters. The van der Waals surface area contributed by atoms with Crippen molar-refractivity contribution in [2.75, 3.05) is 13.2 Å². The van der Waals surface area contributed by atoms with E-state index in [2.05, 4.69) is 19.2 Å². The molecular formula is C14H27NO3. The number of hydrogen-bond donors (Lipinski definition) is 2. The maximum atomic E-state index is 11.7. The van der Waals surface area contributed by atoms with Gasteiger partial charge in [0.2, 0.25) is 5.91 Å². The molecule has 1 saturated carbocycles. The first kappa shape index (κ1) is 15.4. The number of aliphatic hydroxyl groups excluding tert-OH is 1. The van der Waals surface area contributed by atoms with Crippen molar-refractivity contribution in [3.63, 3.8) is 0 Å². The van der Waals surface area contributed by atoms with Gasteiger partial charge in [-0.3, -0.25) is 4.79 Å². The fraction of sp³-hybridized carbons (Fsp3) is 0.929. The van der Waals surface area contributed by atoms with Crippen molar-refractivity contribution in [1.29, 1.82) is 0 Å². The Morgan fingerprint density at radius 1 is 1.28 bits per heavy atom. The largest absolute Gasteiger partial charge is 0.396 e. The van der Waals surface area contributed by atoms with E-state index in [1.165, 1.54) is 0 Å². The minimum atomic E-state index is -0.00650. The molecule has 18 heavy (non-hydrogen) atoms. The molecule has 1 rings (SSSR count). The van der Waals surface area contributed by atoms with Crippen LogP contribution in [0.4, 0.5) is 0 Å². The van der Waals surface area contributed by atoms with Crippen molar-refractivity contribution in [3.05, 3.63) is 0 Å². The molecule has 0 heterocycles. The standard InChI is InChI=1S/C14H27NO3/c1-3-12(4-2)15-14(17)10-18-13-7-5-11(9-16)6-8-13/h11-13,16H,3-10H2,1-2H3,(H,15,17). The van der Waals surface area contributed by atoms with Gasteiger partial charge in [-0.25, -0.2) is 0 Å². The van der Waals surface area contributed by atoms with E-state index in [0.717, 1.165) is 38.5 Å². The molecule has 0 atom stereocenters. The van der Waals surface area contributed by atoms with E-state index < -0.39 is 0 Å². The summed E-state index contributed by atoms with van der Waals surface area (Å²) >= 11 is 0. The lowest BCUT2D eigenvalue weighted by Crippen LogP contribution is -2.37. The van der Waals surface area contributed by atoms with Crippen LogP contribution < -0.4 is 5.32 Å². The number of carbonyl (C=O) groups is 1. The zero-order valence-corrected chi connectivity index (χ0v) is 11.7. The van der Waals surface area contributed by atoms with Crippen LogP contribution in [-0.4, -0.2) is 36.4 Å². The van der Waals surface area contributed by atoms with Gasteiger partial charge in [0.05, 0.1) is 6.10 Å². The van der Waals surface area contributed by atoms with Crippen molar-refractivity contribution in [1.82, 2.24) is 5.32 Å². The molecule has 0 saturated heterocycles. The lowest BCUT2D eigenvalue weighted by atomic mass is 9.88. The molecule has 1 aliphatic rings. The fourth-order valence-corrected chi connectivity index (χ4v) is 2.44. The Morgan fingerprint density at radius 3 is 2.39 bits per heavy atom. The normalized spacial score (nSPS) is 24.2. The second kappa shape index (κ2) is 8.48. The minimum absolute atomic E-state index is 0.00650. The van der Waals surface area contributed by atoms with Crippen molar-refractivity contribution >= 4 is 5.91 Å². The number of nitrogens with one attached hydrogen (secondary N) is 1. The van der Waals surface area contributed by atoms with Gasteiger partial charge >= 0.3 is 0 Å². The van der Waals surface area contributed by atoms with E-state index in [1.807, 2.05) is 0 Å². The molecule has 4 heteroatoms. The summed E-state index contributed by atoms with van der Waals surface area (Å²) in [6.45, 7) is 4.60. The van der Waals surface area contributed by atoms with Crippen molar-refractivity contribution < 1.29 is 14.6 Å². The molecule has 1 fully saturated rings. The van der Waals surface area contributed by atoms with Gasteiger partial charge in [-0.05, 0) is 44.4 Å². The lowest BCUT2D eigenvalue weighted by Gasteiger charge is -2.27. The summed E-state index contributed by atoms with van der Waals surface area (Å²) in [5, 5.41) is 12.0. The third-order valence-corrected chi connectivity index (χ3v) is 3.85. The zero-order chi connectivity index (χ0) is 13.4. The topological polar surface area (TPSA) is 58.6 Å². The Labute approximate surface area is 110 Å². The highest BCUT2D eigenvalue weighted by Gasteiger charge is 2.21. The van der Waals surface area contributed by atoms with Gasteiger partial charge in [0.15, 0.2) is 0 Å². The first-order chi connectivity index (χ1) is 8.69. The highest BCUT2D eigenvalue weighted by Crippen LogP contribution is 2.25. The van der Waals surface area contributed by atoms with Gasteiger partial charge in [-0.1, -0.05) is 13.8 Å². The average molecular weight is 257 g/mol. The molecule has 0 spiro atoms. The Balaban J connectivity index is 2.15. The molecule has 0 aliphatic heterocycles. The zero-order valence-electron chi connectivity index (χ0n) is 11.7. The van der Waals surface area contributed by atoms with Crippen LogP contribution in [0.1, 0.15) is 52.4 Å². The highest BCUT2D eigenvalue weighted by atomic mass is 16.5. The van der Waals surface area contributed by atoms with Gasteiger partial charge in [0, 0.05) is 12.6 Å². The summed E-state index contributed by atoms with van der Waals surface area (Å²) < 4.78 is 5.63. The molecule has 106 valence electrons. The summed E-state index contributed by atoms with van der Waals surface area (Å²) in [4.78, 5) is 11.7. The van der Waals surface area contributed by atoms with Crippen LogP contribution >= 0.6 is 0 Å². The van der Waals surface area contributed by atoms with Crippen LogP contribution in [0.25, 0.3) is 0 Å². The van der Waals surface area contributed by atoms with Crippen molar-refractivity contribution in [3.8, 4) is 0 Å². The van der Waals surface area contributed by atoms with E-state index in [1.54, 1.807) is 0 Å². The molecule has 0 aromatic rings. The Morgan fingerprint density at radius 2 is 1.89 bits per heavy atom. The highest BCUT2D eigenvalue weighted by molar-refractivity contribution is 5.77.